The number of carbonyl (C=O) groups excluding carboxylic acids is 1. The van der Waals surface area contributed by atoms with Gasteiger partial charge in [0.1, 0.15) is 6.54 Å². The quantitative estimate of drug-likeness (QED) is 0.885. The van der Waals surface area contributed by atoms with Crippen molar-refractivity contribution >= 4 is 11.9 Å². The van der Waals surface area contributed by atoms with Crippen LogP contribution in [0, 0.1) is 13.8 Å². The summed E-state index contributed by atoms with van der Waals surface area (Å²) in [5, 5.41) is 15.6. The van der Waals surface area contributed by atoms with Crippen LogP contribution in [0.4, 0.5) is 0 Å². The molecular weight excluding hydrogens is 282 g/mol. The molecule has 1 heterocycles. The summed E-state index contributed by atoms with van der Waals surface area (Å²) in [4.78, 5) is 22.8. The molecule has 0 fully saturated rings. The van der Waals surface area contributed by atoms with Crippen molar-refractivity contribution < 1.29 is 14.7 Å². The Labute approximate surface area is 128 Å². The van der Waals surface area contributed by atoms with E-state index in [0.717, 1.165) is 11.1 Å². The van der Waals surface area contributed by atoms with Gasteiger partial charge in [-0.05, 0) is 31.9 Å². The van der Waals surface area contributed by atoms with Gasteiger partial charge in [-0.2, -0.15) is 5.10 Å². The number of amides is 1. The molecule has 0 aliphatic rings. The standard InChI is InChI=1S/C16H19N3O3/c1-10-4-5-14(11(2)6-10)12(3)18-15(20)9-19-8-13(7-17-19)16(21)22/h4-8,12H,9H2,1-3H3,(H,18,20)(H,21,22). The summed E-state index contributed by atoms with van der Waals surface area (Å²) in [6, 6.07) is 5.97. The number of benzene rings is 1. The van der Waals surface area contributed by atoms with Gasteiger partial charge in [0.25, 0.3) is 0 Å². The van der Waals surface area contributed by atoms with Crippen molar-refractivity contribution in [3.8, 4) is 0 Å². The number of carbonyl (C=O) groups is 2. The zero-order valence-corrected chi connectivity index (χ0v) is 12.8. The van der Waals surface area contributed by atoms with Gasteiger partial charge in [0.05, 0.1) is 17.8 Å². The van der Waals surface area contributed by atoms with Gasteiger partial charge in [0, 0.05) is 6.20 Å². The van der Waals surface area contributed by atoms with Crippen LogP contribution < -0.4 is 5.32 Å². The Hall–Kier alpha value is -2.63. The van der Waals surface area contributed by atoms with Crippen LogP contribution in [0.5, 0.6) is 0 Å². The molecule has 1 atom stereocenters. The molecule has 1 aromatic carbocycles. The third kappa shape index (κ3) is 3.72. The Morgan fingerprint density at radius 1 is 1.36 bits per heavy atom. The summed E-state index contributed by atoms with van der Waals surface area (Å²) < 4.78 is 1.31. The maximum atomic E-state index is 12.0. The number of hydrogen-bond donors (Lipinski definition) is 2. The number of carboxylic acids is 1. The largest absolute Gasteiger partial charge is 0.478 e. The molecule has 1 unspecified atom stereocenters. The summed E-state index contributed by atoms with van der Waals surface area (Å²) in [7, 11) is 0. The Bertz CT molecular complexity index is 706. The van der Waals surface area contributed by atoms with Crippen molar-refractivity contribution in [2.24, 2.45) is 0 Å². The van der Waals surface area contributed by atoms with Crippen LogP contribution in [-0.4, -0.2) is 26.8 Å². The molecule has 0 radical (unpaired) electrons. The van der Waals surface area contributed by atoms with Crippen molar-refractivity contribution in [1.29, 1.82) is 0 Å². The summed E-state index contributed by atoms with van der Waals surface area (Å²) in [6.07, 6.45) is 2.56. The van der Waals surface area contributed by atoms with Crippen LogP contribution in [-0.2, 0) is 11.3 Å². The Morgan fingerprint density at radius 2 is 2.09 bits per heavy atom. The van der Waals surface area contributed by atoms with Crippen molar-refractivity contribution in [1.82, 2.24) is 15.1 Å². The lowest BCUT2D eigenvalue weighted by Gasteiger charge is -2.17. The number of aromatic nitrogens is 2. The summed E-state index contributed by atoms with van der Waals surface area (Å²) in [5.74, 6) is -1.28. The minimum atomic E-state index is -1.06. The maximum Gasteiger partial charge on any atom is 0.338 e. The highest BCUT2D eigenvalue weighted by Crippen LogP contribution is 2.18. The topological polar surface area (TPSA) is 84.2 Å². The summed E-state index contributed by atoms with van der Waals surface area (Å²) in [5.41, 5.74) is 3.43. The molecule has 0 saturated heterocycles. The van der Waals surface area contributed by atoms with Crippen molar-refractivity contribution in [3.63, 3.8) is 0 Å². The van der Waals surface area contributed by atoms with Gasteiger partial charge in [-0.3, -0.25) is 9.48 Å². The number of hydrogen-bond acceptors (Lipinski definition) is 3. The van der Waals surface area contributed by atoms with Crippen LogP contribution in [0.15, 0.2) is 30.6 Å². The van der Waals surface area contributed by atoms with Gasteiger partial charge in [-0.25, -0.2) is 4.79 Å². The highest BCUT2D eigenvalue weighted by molar-refractivity contribution is 5.87. The number of aryl methyl sites for hydroxylation is 2. The molecule has 22 heavy (non-hydrogen) atoms. The molecule has 1 aromatic heterocycles. The molecule has 2 N–H and O–H groups in total. The van der Waals surface area contributed by atoms with E-state index >= 15 is 0 Å². The Morgan fingerprint density at radius 3 is 2.68 bits per heavy atom. The Kier molecular flexibility index (Phi) is 4.60. The second-order valence-corrected chi connectivity index (χ2v) is 5.38. The molecule has 2 rings (SSSR count). The van der Waals surface area contributed by atoms with E-state index in [2.05, 4.69) is 16.5 Å². The van der Waals surface area contributed by atoms with Gasteiger partial charge in [0.15, 0.2) is 0 Å². The second-order valence-electron chi connectivity index (χ2n) is 5.38. The SMILES string of the molecule is Cc1ccc(C(C)NC(=O)Cn2cc(C(=O)O)cn2)c(C)c1. The zero-order valence-electron chi connectivity index (χ0n) is 12.8. The van der Waals surface area contributed by atoms with E-state index in [1.54, 1.807) is 0 Å². The molecule has 0 bridgehead atoms. The van der Waals surface area contributed by atoms with E-state index in [9.17, 15) is 9.59 Å². The lowest BCUT2D eigenvalue weighted by atomic mass is 10.0. The van der Waals surface area contributed by atoms with Crippen molar-refractivity contribution in [2.75, 3.05) is 0 Å². The van der Waals surface area contributed by atoms with E-state index < -0.39 is 5.97 Å². The highest BCUT2D eigenvalue weighted by Gasteiger charge is 2.13. The maximum absolute atomic E-state index is 12.0. The molecule has 0 saturated carbocycles. The first-order valence-electron chi connectivity index (χ1n) is 6.99. The smallest absolute Gasteiger partial charge is 0.338 e. The predicted molar refractivity (Wildman–Crippen MR) is 81.7 cm³/mol. The fourth-order valence-electron chi connectivity index (χ4n) is 2.38. The normalized spacial score (nSPS) is 12.0. The Balaban J connectivity index is 2.00. The van der Waals surface area contributed by atoms with E-state index in [1.165, 1.54) is 22.6 Å². The monoisotopic (exact) mass is 301 g/mol. The average Bonchev–Trinajstić information content (AvgIpc) is 2.86. The molecule has 0 spiro atoms. The van der Waals surface area contributed by atoms with E-state index in [0.29, 0.717) is 0 Å². The van der Waals surface area contributed by atoms with Crippen LogP contribution in [0.3, 0.4) is 0 Å². The first kappa shape index (κ1) is 15.8. The first-order chi connectivity index (χ1) is 10.4. The first-order valence-corrected chi connectivity index (χ1v) is 6.99. The van der Waals surface area contributed by atoms with Crippen molar-refractivity contribution in [3.05, 3.63) is 52.8 Å². The number of nitrogens with zero attached hydrogens (tertiary/aromatic N) is 2. The van der Waals surface area contributed by atoms with E-state index in [1.807, 2.05) is 32.9 Å². The zero-order chi connectivity index (χ0) is 16.3. The van der Waals surface area contributed by atoms with Gasteiger partial charge < -0.3 is 10.4 Å². The van der Waals surface area contributed by atoms with Crippen LogP contribution in [0.1, 0.15) is 40.0 Å². The van der Waals surface area contributed by atoms with Gasteiger partial charge >= 0.3 is 5.97 Å². The lowest BCUT2D eigenvalue weighted by molar-refractivity contribution is -0.122. The number of carboxylic acid groups (broad SMARTS) is 1. The molecule has 6 nitrogen and oxygen atoms in total. The second kappa shape index (κ2) is 6.43. The summed E-state index contributed by atoms with van der Waals surface area (Å²) >= 11 is 0. The minimum Gasteiger partial charge on any atom is -0.478 e. The van der Waals surface area contributed by atoms with Gasteiger partial charge in [-0.15, -0.1) is 0 Å². The van der Waals surface area contributed by atoms with Crippen LogP contribution in [0.25, 0.3) is 0 Å². The highest BCUT2D eigenvalue weighted by atomic mass is 16.4. The number of rotatable bonds is 5. The number of nitrogens with one attached hydrogen (secondary N) is 1. The molecule has 0 aliphatic heterocycles. The fraction of sp³-hybridized carbons (Fsp3) is 0.312. The van der Waals surface area contributed by atoms with Crippen molar-refractivity contribution in [2.45, 2.75) is 33.4 Å². The average molecular weight is 301 g/mol. The number of aromatic carboxylic acids is 1. The molecule has 0 aliphatic carbocycles. The predicted octanol–water partition coefficient (Wildman–Crippen LogP) is 2.08. The molecular formula is C16H19N3O3. The van der Waals surface area contributed by atoms with Crippen LogP contribution >= 0.6 is 0 Å². The van der Waals surface area contributed by atoms with Crippen LogP contribution in [0.2, 0.25) is 0 Å². The van der Waals surface area contributed by atoms with E-state index in [4.69, 9.17) is 5.11 Å². The molecule has 1 amide bonds. The molecule has 6 heteroatoms. The summed E-state index contributed by atoms with van der Waals surface area (Å²) in [6.45, 7) is 5.94. The van der Waals surface area contributed by atoms with Gasteiger partial charge in [-0.1, -0.05) is 23.8 Å². The minimum absolute atomic E-state index is 0.0114. The molecule has 2 aromatic rings. The van der Waals surface area contributed by atoms with Gasteiger partial charge in [0.2, 0.25) is 5.91 Å². The third-order valence-electron chi connectivity index (χ3n) is 3.46. The fourth-order valence-corrected chi connectivity index (χ4v) is 2.38. The molecule has 116 valence electrons. The third-order valence-corrected chi connectivity index (χ3v) is 3.46. The lowest BCUT2D eigenvalue weighted by Crippen LogP contribution is -2.30. The van der Waals surface area contributed by atoms with E-state index in [-0.39, 0.29) is 24.1 Å².